The highest BCUT2D eigenvalue weighted by Gasteiger charge is 2.39. The second-order valence-corrected chi connectivity index (χ2v) is 32.4. The molecule has 0 aliphatic heterocycles. The molecule has 0 saturated heterocycles. The smallest absolute Gasteiger partial charge is 0.243 e. The van der Waals surface area contributed by atoms with Crippen molar-refractivity contribution >= 4 is 127 Å². The number of benzene rings is 3. The lowest BCUT2D eigenvalue weighted by Gasteiger charge is -2.30. The average Bonchev–Trinajstić information content (AvgIpc) is 1.65. The molecule has 0 unspecified atom stereocenters. The molecule has 0 aliphatic carbocycles. The summed E-state index contributed by atoms with van der Waals surface area (Å²) in [4.78, 5) is 185. The van der Waals surface area contributed by atoms with Gasteiger partial charge in [0.1, 0.15) is 66.5 Å². The Morgan fingerprint density at radius 1 is 0.302 bits per heavy atom. The Morgan fingerprint density at radius 2 is 0.540 bits per heavy atom. The number of primary amides is 1. The summed E-state index contributed by atoms with van der Waals surface area (Å²) in [5, 5.41) is 74.4. The number of carbonyl (C=O) groups excluding carboxylic acids is 12. The molecular weight excluding hydrogens is 1620 g/mol. The molecule has 42 heteroatoms. The van der Waals surface area contributed by atoms with Crippen LogP contribution in [0.3, 0.4) is 0 Å². The van der Waals surface area contributed by atoms with Gasteiger partial charge in [0, 0.05) is 90.3 Å². The van der Waals surface area contributed by atoms with Gasteiger partial charge in [-0.05, 0) is 162 Å². The van der Waals surface area contributed by atoms with Gasteiger partial charge in [-0.1, -0.05) is 96.1 Å². The maximum atomic E-state index is 15.4. The summed E-state index contributed by atoms with van der Waals surface area (Å²) in [6.45, 7) is 10.7. The topological polar surface area (TPSA) is 736 Å². The number of para-hydroxylation sites is 3. The van der Waals surface area contributed by atoms with E-state index in [1.807, 2.05) is 24.3 Å². The minimum absolute atomic E-state index is 0.00105. The molecule has 3 heterocycles. The fourth-order valence-corrected chi connectivity index (χ4v) is 14.3. The Morgan fingerprint density at radius 3 is 0.825 bits per heavy atom. The van der Waals surface area contributed by atoms with Crippen LogP contribution in [0.1, 0.15) is 148 Å². The van der Waals surface area contributed by atoms with E-state index in [0.29, 0.717) is 58.7 Å². The molecule has 0 bridgehead atoms. The lowest BCUT2D eigenvalue weighted by Crippen LogP contribution is -2.62. The van der Waals surface area contributed by atoms with Gasteiger partial charge in [-0.25, -0.2) is 0 Å². The summed E-state index contributed by atoms with van der Waals surface area (Å²) >= 11 is 0. The average molecular weight is 1750 g/mol. The van der Waals surface area contributed by atoms with Crippen LogP contribution in [-0.2, 0) is 76.8 Å². The molecule has 0 fully saturated rings. The molecule has 12 amide bonds. The number of aromatic amines is 3. The minimum atomic E-state index is -1.53. The number of H-pyrrole nitrogens is 3. The van der Waals surface area contributed by atoms with Crippen molar-refractivity contribution in [3.8, 4) is 0 Å². The van der Waals surface area contributed by atoms with E-state index in [9.17, 15) is 28.8 Å². The molecule has 0 aliphatic rings. The number of nitrogens with one attached hydrogen (secondary N) is 22. The predicted octanol–water partition coefficient (Wildman–Crippen LogP) is -2.42. The van der Waals surface area contributed by atoms with E-state index in [2.05, 4.69) is 94.7 Å². The molecule has 38 N–H and O–H groups in total. The summed E-state index contributed by atoms with van der Waals surface area (Å²) < 4.78 is 0. The van der Waals surface area contributed by atoms with E-state index in [-0.39, 0.29) is 140 Å². The highest BCUT2D eigenvalue weighted by Crippen LogP contribution is 2.24. The summed E-state index contributed by atoms with van der Waals surface area (Å²) in [7, 11) is 0. The Balaban J connectivity index is 1.29. The number of carbonyl (C=O) groups is 12. The first kappa shape index (κ1) is 102. The Bertz CT molecular complexity index is 4680. The highest BCUT2D eigenvalue weighted by molar-refractivity contribution is 6.01. The first-order valence-corrected chi connectivity index (χ1v) is 42.8. The zero-order chi connectivity index (χ0) is 92.7. The molecule has 3 aromatic carbocycles. The summed E-state index contributed by atoms with van der Waals surface area (Å²) in [5.41, 5.74) is 50.3. The van der Waals surface area contributed by atoms with E-state index < -0.39 is 167 Å². The molecule has 6 aromatic rings. The van der Waals surface area contributed by atoms with Gasteiger partial charge in [0.25, 0.3) is 0 Å². The second-order valence-electron chi connectivity index (χ2n) is 32.4. The number of hydrogen-bond donors (Lipinski definition) is 30. The van der Waals surface area contributed by atoms with Crippen LogP contribution < -0.4 is 126 Å². The van der Waals surface area contributed by atoms with E-state index in [1.165, 1.54) is 0 Å². The SMILES string of the molecule is CC(C)[C@H](NC(=O)[C@H](CCCNC(=N)N)NC(=O)[C@H](Cc1c[nH]c2ccccc12)NC(=O)[C@H](CCCNC(=N)N)NC(=O)[C@@H](NC(=O)[C@H](CCCCN)NC(=O)[C@H](Cc1c[nH]c2ccccc12)NC(=O)[C@H](CCCNC(=N)N)NC(=O)[C@@H](NC(=O)[C@H](CCCNC(=N)N)NC(=O)[C@@H](N)Cc1c[nH]c2ccccc12)C(C)C)C(C)C)C(=O)N[C@@H](CCCCN)C(N)=O. The number of unbranched alkanes of at least 4 members (excludes halogenated alkanes) is 2. The van der Waals surface area contributed by atoms with Gasteiger partial charge in [0.2, 0.25) is 70.9 Å². The number of aromatic nitrogens is 3. The zero-order valence-electron chi connectivity index (χ0n) is 72.6. The Kier molecular flexibility index (Phi) is 41.8. The lowest BCUT2D eigenvalue weighted by atomic mass is 9.99. The number of hydrogen-bond acceptors (Lipinski definition) is 19. The predicted molar refractivity (Wildman–Crippen MR) is 481 cm³/mol. The van der Waals surface area contributed by atoms with Crippen LogP contribution >= 0.6 is 0 Å². The number of amides is 12. The van der Waals surface area contributed by atoms with Crippen LogP contribution in [-0.4, -0.2) is 221 Å². The number of guanidine groups is 4. The largest absolute Gasteiger partial charge is 0.370 e. The first-order chi connectivity index (χ1) is 60.0. The van der Waals surface area contributed by atoms with Gasteiger partial charge >= 0.3 is 0 Å². The first-order valence-electron chi connectivity index (χ1n) is 42.8. The van der Waals surface area contributed by atoms with Crippen molar-refractivity contribution in [2.24, 2.45) is 63.6 Å². The third-order valence-electron chi connectivity index (χ3n) is 21.3. The van der Waals surface area contributed by atoms with Crippen molar-refractivity contribution < 1.29 is 57.5 Å². The van der Waals surface area contributed by atoms with Crippen molar-refractivity contribution in [1.82, 2.24) is 94.7 Å². The third kappa shape index (κ3) is 33.2. The van der Waals surface area contributed by atoms with E-state index in [4.69, 9.17) is 67.5 Å². The molecule has 6 rings (SSSR count). The van der Waals surface area contributed by atoms with Crippen LogP contribution in [0.25, 0.3) is 32.7 Å². The quantitative estimate of drug-likeness (QED) is 0.0107. The van der Waals surface area contributed by atoms with Crippen LogP contribution in [0.15, 0.2) is 91.4 Å². The molecule has 0 spiro atoms. The second kappa shape index (κ2) is 51.8. The van der Waals surface area contributed by atoms with E-state index in [1.54, 1.807) is 109 Å². The summed E-state index contributed by atoms with van der Waals surface area (Å²) in [6.07, 6.45) is 6.59. The molecule has 42 nitrogen and oxygen atoms in total. The molecular formula is C84H132N30O12. The van der Waals surface area contributed by atoms with Gasteiger partial charge in [0.15, 0.2) is 23.8 Å². The standard InChI is InChI=1S/C84H132N30O12/c1-45(2)66(78(124)104-58(69(88)115)27-13-15-33-85)112-75(121)63(32-20-38-100-84(95)96)107-77(123)65(41-50-44-103-57-26-12-9-23-53(50)57)111-72(118)61(30-18-36-98-82(91)92)108-79(125)67(46(3)4)113-73(119)59(28-14-16-34-86)106-76(122)64(40-49-43-102-56-25-11-8-22-52(49)56)110-71(117)60(29-17-35-97-81(89)90)109-80(126)68(47(5)6)114-74(120)62(31-19-37-99-83(93)94)105-70(116)54(87)39-48-42-101-55-24-10-7-21-51(48)55/h7-12,21-26,42-47,54,58-68,101-103H,13-20,27-41,85-87H2,1-6H3,(H2,88,115)(H,104,124)(H,105,116)(H,106,122)(H,107,123)(H,108,125)(H,109,126)(H,110,117)(H,111,118)(H,112,121)(H,113,119)(H,114,120)(H4,89,90,97)(H4,91,92,98)(H4,93,94,99)(H4,95,96,100)/t54-,58-,59-,60-,61-,62-,63-,64-,65-,66-,67-,68-/m0/s1. The van der Waals surface area contributed by atoms with E-state index >= 15 is 28.8 Å². The number of nitrogens with two attached hydrogens (primary N) is 8. The molecule has 3 aromatic heterocycles. The lowest BCUT2D eigenvalue weighted by molar-refractivity contribution is -0.137. The third-order valence-corrected chi connectivity index (χ3v) is 21.3. The molecule has 12 atom stereocenters. The number of rotatable bonds is 56. The maximum Gasteiger partial charge on any atom is 0.243 e. The van der Waals surface area contributed by atoms with Gasteiger partial charge < -0.3 is 141 Å². The number of fused-ring (bicyclic) bond motifs is 3. The minimum Gasteiger partial charge on any atom is -0.370 e. The van der Waals surface area contributed by atoms with Gasteiger partial charge in [-0.15, -0.1) is 0 Å². The fraction of sp³-hybridized carbons (Fsp3) is 0.524. The van der Waals surface area contributed by atoms with Crippen molar-refractivity contribution in [3.63, 3.8) is 0 Å². The van der Waals surface area contributed by atoms with Crippen molar-refractivity contribution in [1.29, 1.82) is 21.6 Å². The van der Waals surface area contributed by atoms with Crippen molar-refractivity contribution in [2.75, 3.05) is 39.3 Å². The molecule has 690 valence electrons. The van der Waals surface area contributed by atoms with Crippen molar-refractivity contribution in [2.45, 2.75) is 223 Å². The molecule has 126 heavy (non-hydrogen) atoms. The van der Waals surface area contributed by atoms with Crippen LogP contribution in [0, 0.1) is 39.4 Å². The zero-order valence-corrected chi connectivity index (χ0v) is 72.6. The van der Waals surface area contributed by atoms with Crippen LogP contribution in [0.2, 0.25) is 0 Å². The Labute approximate surface area is 732 Å². The maximum absolute atomic E-state index is 15.4. The van der Waals surface area contributed by atoms with Gasteiger partial charge in [-0.3, -0.25) is 79.2 Å². The monoisotopic (exact) mass is 1750 g/mol. The summed E-state index contributed by atoms with van der Waals surface area (Å²) in [6, 6.07) is 5.31. The normalized spacial score (nSPS) is 14.2. The van der Waals surface area contributed by atoms with Crippen molar-refractivity contribution in [3.05, 3.63) is 108 Å². The molecule has 0 radical (unpaired) electrons. The Hall–Kier alpha value is -13.1. The summed E-state index contributed by atoms with van der Waals surface area (Å²) in [5.74, 6) is -13.4. The van der Waals surface area contributed by atoms with Crippen LogP contribution in [0.5, 0.6) is 0 Å². The van der Waals surface area contributed by atoms with E-state index in [0.717, 1.165) is 16.5 Å². The van der Waals surface area contributed by atoms with Gasteiger partial charge in [-0.2, -0.15) is 0 Å². The highest BCUT2D eigenvalue weighted by atomic mass is 16.2. The van der Waals surface area contributed by atoms with Gasteiger partial charge in [0.05, 0.1) is 6.04 Å². The fourth-order valence-electron chi connectivity index (χ4n) is 14.3. The molecule has 0 saturated carbocycles. The van der Waals surface area contributed by atoms with Crippen LogP contribution in [0.4, 0.5) is 0 Å².